The summed E-state index contributed by atoms with van der Waals surface area (Å²) in [6.45, 7) is 4.93. The average molecular weight is 462 g/mol. The summed E-state index contributed by atoms with van der Waals surface area (Å²) in [4.78, 5) is 12.2. The van der Waals surface area contributed by atoms with E-state index in [1.54, 1.807) is 6.07 Å². The summed E-state index contributed by atoms with van der Waals surface area (Å²) in [5.41, 5.74) is 2.45. The van der Waals surface area contributed by atoms with Gasteiger partial charge >= 0.3 is 5.97 Å². The highest BCUT2D eigenvalue weighted by Gasteiger charge is 2.35. The number of hydrogen-bond donors (Lipinski definition) is 2. The molecule has 2 atom stereocenters. The molecule has 5 nitrogen and oxygen atoms in total. The first kappa shape index (κ1) is 24.4. The van der Waals surface area contributed by atoms with Crippen LogP contribution in [0.15, 0.2) is 66.7 Å². The van der Waals surface area contributed by atoms with Crippen LogP contribution in [0.5, 0.6) is 0 Å². The topological polar surface area (TPSA) is 67.8 Å². The number of rotatable bonds is 11. The molecule has 0 heterocycles. The largest absolute Gasteiger partial charge is 0.465 e. The van der Waals surface area contributed by atoms with Gasteiger partial charge in [0, 0.05) is 12.1 Å². The highest BCUT2D eigenvalue weighted by Crippen LogP contribution is 2.44. The lowest BCUT2D eigenvalue weighted by atomic mass is 9.93. The van der Waals surface area contributed by atoms with Crippen LogP contribution in [0.3, 0.4) is 0 Å². The van der Waals surface area contributed by atoms with Crippen molar-refractivity contribution in [3.8, 4) is 0 Å². The maximum Gasteiger partial charge on any atom is 0.338 e. The molecule has 2 N–H and O–H groups in total. The third-order valence-corrected chi connectivity index (χ3v) is 6.47. The zero-order valence-corrected chi connectivity index (χ0v) is 20.3. The summed E-state index contributed by atoms with van der Waals surface area (Å²) < 4.78 is 11.1. The standard InChI is InChI=1S/C29H35NO4/c1-29(2,17-20-12-13-21-8-4-5-9-23(21)16-20)30-18-24(31)19-34-27(22-14-15-22)25-10-6-7-11-26(25)28(32)33-3/h4-13,16,22,24,27,30-31H,14-15,17-19H2,1-3H3/t24-,27?/m1/s1. The second kappa shape index (κ2) is 10.7. The van der Waals surface area contributed by atoms with E-state index >= 15 is 0 Å². The Morgan fingerprint density at radius 3 is 2.50 bits per heavy atom. The molecule has 0 spiro atoms. The van der Waals surface area contributed by atoms with Gasteiger partial charge in [-0.25, -0.2) is 4.79 Å². The van der Waals surface area contributed by atoms with Gasteiger partial charge < -0.3 is 19.9 Å². The Labute approximate surface area is 202 Å². The number of fused-ring (bicyclic) bond motifs is 1. The van der Waals surface area contributed by atoms with Gasteiger partial charge in [-0.1, -0.05) is 60.7 Å². The maximum atomic E-state index is 12.2. The van der Waals surface area contributed by atoms with E-state index in [0.29, 0.717) is 18.0 Å². The zero-order chi connectivity index (χ0) is 24.1. The highest BCUT2D eigenvalue weighted by molar-refractivity contribution is 5.91. The Morgan fingerprint density at radius 1 is 1.06 bits per heavy atom. The summed E-state index contributed by atoms with van der Waals surface area (Å²) in [7, 11) is 1.39. The van der Waals surface area contributed by atoms with E-state index in [4.69, 9.17) is 9.47 Å². The van der Waals surface area contributed by atoms with Gasteiger partial charge in [0.1, 0.15) is 0 Å². The average Bonchev–Trinajstić information content (AvgIpc) is 3.68. The number of hydrogen-bond acceptors (Lipinski definition) is 5. The number of ether oxygens (including phenoxy) is 2. The third kappa shape index (κ3) is 6.23. The second-order valence-corrected chi connectivity index (χ2v) is 9.95. The number of aliphatic hydroxyl groups is 1. The maximum absolute atomic E-state index is 12.2. The van der Waals surface area contributed by atoms with Crippen molar-refractivity contribution >= 4 is 16.7 Å². The minimum Gasteiger partial charge on any atom is -0.465 e. The van der Waals surface area contributed by atoms with Crippen LogP contribution in [-0.4, -0.2) is 43.0 Å². The predicted octanol–water partition coefficient (Wildman–Crippen LogP) is 5.07. The molecular weight excluding hydrogens is 426 g/mol. The Hall–Kier alpha value is -2.73. The monoisotopic (exact) mass is 461 g/mol. The number of carbonyl (C=O) groups is 1. The highest BCUT2D eigenvalue weighted by atomic mass is 16.5. The van der Waals surface area contributed by atoms with Gasteiger partial charge in [-0.05, 0) is 67.0 Å². The molecule has 34 heavy (non-hydrogen) atoms. The van der Waals surface area contributed by atoms with Crippen LogP contribution in [0.1, 0.15) is 54.3 Å². The van der Waals surface area contributed by atoms with Gasteiger partial charge in [0.05, 0.1) is 31.5 Å². The molecule has 1 saturated carbocycles. The number of esters is 1. The van der Waals surface area contributed by atoms with Crippen LogP contribution in [-0.2, 0) is 15.9 Å². The Balaban J connectivity index is 1.33. The Bertz CT molecular complexity index is 1120. The van der Waals surface area contributed by atoms with Crippen LogP contribution in [0, 0.1) is 5.92 Å². The Morgan fingerprint density at radius 2 is 1.76 bits per heavy atom. The first-order valence-corrected chi connectivity index (χ1v) is 12.1. The van der Waals surface area contributed by atoms with Crippen LogP contribution in [0.2, 0.25) is 0 Å². The first-order chi connectivity index (χ1) is 16.4. The fourth-order valence-electron chi connectivity index (χ4n) is 4.51. The van der Waals surface area contributed by atoms with Crippen molar-refractivity contribution in [3.63, 3.8) is 0 Å². The molecule has 0 bridgehead atoms. The lowest BCUT2D eigenvalue weighted by Gasteiger charge is -2.29. The van der Waals surface area contributed by atoms with Crippen molar-refractivity contribution in [3.05, 3.63) is 83.4 Å². The fourth-order valence-corrected chi connectivity index (χ4v) is 4.51. The number of methoxy groups -OCH3 is 1. The summed E-state index contributed by atoms with van der Waals surface area (Å²) >= 11 is 0. The molecule has 0 aliphatic heterocycles. The van der Waals surface area contributed by atoms with E-state index in [1.165, 1.54) is 23.4 Å². The molecule has 0 saturated heterocycles. The smallest absolute Gasteiger partial charge is 0.338 e. The van der Waals surface area contributed by atoms with Crippen molar-refractivity contribution in [2.45, 2.75) is 50.9 Å². The van der Waals surface area contributed by atoms with Gasteiger partial charge in [-0.15, -0.1) is 0 Å². The number of β-amino-alcohol motifs (C(OH)–C–C–N with tert-alkyl or cyclic N) is 1. The number of benzene rings is 3. The molecule has 1 fully saturated rings. The molecule has 4 rings (SSSR count). The summed E-state index contributed by atoms with van der Waals surface area (Å²) in [5.74, 6) is 0.0119. The predicted molar refractivity (Wildman–Crippen MR) is 135 cm³/mol. The van der Waals surface area contributed by atoms with Gasteiger partial charge in [0.25, 0.3) is 0 Å². The van der Waals surface area contributed by atoms with Gasteiger partial charge in [0.15, 0.2) is 0 Å². The van der Waals surface area contributed by atoms with Crippen LogP contribution < -0.4 is 5.32 Å². The molecule has 1 unspecified atom stereocenters. The summed E-state index contributed by atoms with van der Waals surface area (Å²) in [6.07, 6.45) is 2.11. The van der Waals surface area contributed by atoms with Gasteiger partial charge in [-0.2, -0.15) is 0 Å². The van der Waals surface area contributed by atoms with Crippen molar-refractivity contribution in [2.75, 3.05) is 20.3 Å². The SMILES string of the molecule is COC(=O)c1ccccc1C(OC[C@H](O)CNC(C)(C)Cc1ccc2ccccc2c1)C1CC1. The summed E-state index contributed by atoms with van der Waals surface area (Å²) in [5, 5.41) is 16.6. The molecule has 5 heteroatoms. The van der Waals surface area contributed by atoms with Crippen molar-refractivity contribution in [2.24, 2.45) is 5.92 Å². The summed E-state index contributed by atoms with van der Waals surface area (Å²) in [6, 6.07) is 22.4. The normalized spacial score (nSPS) is 15.8. The molecule has 0 aromatic heterocycles. The van der Waals surface area contributed by atoms with E-state index in [2.05, 4.69) is 61.6 Å². The second-order valence-electron chi connectivity index (χ2n) is 9.95. The number of carbonyl (C=O) groups excluding carboxylic acids is 1. The number of aliphatic hydroxyl groups excluding tert-OH is 1. The minimum atomic E-state index is -0.651. The van der Waals surface area contributed by atoms with Gasteiger partial charge in [-0.3, -0.25) is 0 Å². The minimum absolute atomic E-state index is 0.184. The van der Waals surface area contributed by atoms with Crippen molar-refractivity contribution < 1.29 is 19.4 Å². The third-order valence-electron chi connectivity index (χ3n) is 6.47. The molecule has 0 radical (unpaired) electrons. The van der Waals surface area contributed by atoms with Gasteiger partial charge in [0.2, 0.25) is 0 Å². The van der Waals surface area contributed by atoms with Crippen LogP contribution >= 0.6 is 0 Å². The van der Waals surface area contributed by atoms with Crippen molar-refractivity contribution in [1.82, 2.24) is 5.32 Å². The van der Waals surface area contributed by atoms with E-state index < -0.39 is 6.10 Å². The Kier molecular flexibility index (Phi) is 7.67. The van der Waals surface area contributed by atoms with E-state index in [0.717, 1.165) is 24.8 Å². The molecule has 1 aliphatic carbocycles. The van der Waals surface area contributed by atoms with Crippen molar-refractivity contribution in [1.29, 1.82) is 0 Å². The molecule has 3 aromatic rings. The molecule has 3 aromatic carbocycles. The van der Waals surface area contributed by atoms with E-state index in [-0.39, 0.29) is 24.2 Å². The molecule has 180 valence electrons. The lowest BCUT2D eigenvalue weighted by molar-refractivity contribution is -0.0216. The van der Waals surface area contributed by atoms with Crippen LogP contribution in [0.4, 0.5) is 0 Å². The quantitative estimate of drug-likeness (QED) is 0.391. The fraction of sp³-hybridized carbons (Fsp3) is 0.414. The lowest BCUT2D eigenvalue weighted by Crippen LogP contribution is -2.46. The zero-order valence-electron chi connectivity index (χ0n) is 20.3. The molecule has 0 amide bonds. The van der Waals surface area contributed by atoms with E-state index in [9.17, 15) is 9.90 Å². The molecule has 1 aliphatic rings. The van der Waals surface area contributed by atoms with E-state index in [1.807, 2.05) is 18.2 Å². The first-order valence-electron chi connectivity index (χ1n) is 12.1. The number of nitrogens with one attached hydrogen (secondary N) is 1. The van der Waals surface area contributed by atoms with Crippen LogP contribution in [0.25, 0.3) is 10.8 Å². The molecular formula is C29H35NO4.